The minimum Gasteiger partial charge on any atom is -0.481 e. The second kappa shape index (κ2) is 4.53. The van der Waals surface area contributed by atoms with Gasteiger partial charge in [0, 0.05) is 17.8 Å². The summed E-state index contributed by atoms with van der Waals surface area (Å²) in [5.41, 5.74) is 3.05. The van der Waals surface area contributed by atoms with Crippen LogP contribution >= 0.6 is 0 Å². The van der Waals surface area contributed by atoms with E-state index in [1.54, 1.807) is 16.9 Å². The van der Waals surface area contributed by atoms with E-state index in [0.717, 1.165) is 11.3 Å². The van der Waals surface area contributed by atoms with Gasteiger partial charge in [-0.1, -0.05) is 30.3 Å². The molecule has 2 heterocycles. The number of aliphatic carboxylic acids is 1. The maximum Gasteiger partial charge on any atom is 0.309 e. The van der Waals surface area contributed by atoms with E-state index in [1.807, 2.05) is 36.4 Å². The van der Waals surface area contributed by atoms with E-state index >= 15 is 0 Å². The molecule has 0 aliphatic heterocycles. The van der Waals surface area contributed by atoms with Gasteiger partial charge in [0.15, 0.2) is 0 Å². The zero-order valence-corrected chi connectivity index (χ0v) is 10.0. The summed E-state index contributed by atoms with van der Waals surface area (Å²) in [5, 5.41) is 8.76. The summed E-state index contributed by atoms with van der Waals surface area (Å²) < 4.78 is 1.73. The van der Waals surface area contributed by atoms with Crippen LogP contribution in [0.5, 0.6) is 0 Å². The van der Waals surface area contributed by atoms with E-state index in [1.165, 1.54) is 0 Å². The number of carboxylic acids is 1. The predicted octanol–water partition coefficient (Wildman–Crippen LogP) is 2.02. The molecular formula is C14H11N3O2. The van der Waals surface area contributed by atoms with Crippen molar-refractivity contribution in [2.75, 3.05) is 0 Å². The van der Waals surface area contributed by atoms with Crippen molar-refractivity contribution in [3.63, 3.8) is 0 Å². The fourth-order valence-electron chi connectivity index (χ4n) is 1.95. The van der Waals surface area contributed by atoms with Crippen molar-refractivity contribution in [1.82, 2.24) is 14.4 Å². The van der Waals surface area contributed by atoms with Crippen LogP contribution in [0.2, 0.25) is 0 Å². The van der Waals surface area contributed by atoms with Gasteiger partial charge in [-0.2, -0.15) is 0 Å². The number of carbonyl (C=O) groups is 1. The van der Waals surface area contributed by atoms with Crippen molar-refractivity contribution in [2.45, 2.75) is 6.42 Å². The molecule has 0 atom stereocenters. The van der Waals surface area contributed by atoms with Gasteiger partial charge in [-0.05, 0) is 0 Å². The molecule has 0 unspecified atom stereocenters. The van der Waals surface area contributed by atoms with E-state index in [-0.39, 0.29) is 6.42 Å². The Morgan fingerprint density at radius 2 is 2.05 bits per heavy atom. The lowest BCUT2D eigenvalue weighted by Crippen LogP contribution is -1.99. The van der Waals surface area contributed by atoms with Crippen LogP contribution < -0.4 is 0 Å². The highest BCUT2D eigenvalue weighted by atomic mass is 16.4. The summed E-state index contributed by atoms with van der Waals surface area (Å²) in [6.07, 6.45) is 3.25. The summed E-state index contributed by atoms with van der Waals surface area (Å²) in [7, 11) is 0. The molecule has 0 amide bonds. The molecule has 0 bridgehead atoms. The van der Waals surface area contributed by atoms with Crippen LogP contribution in [0.4, 0.5) is 0 Å². The number of rotatable bonds is 3. The first-order chi connectivity index (χ1) is 9.22. The molecular weight excluding hydrogens is 242 g/mol. The third kappa shape index (κ3) is 2.30. The van der Waals surface area contributed by atoms with Crippen LogP contribution in [-0.2, 0) is 11.2 Å². The molecule has 0 fully saturated rings. The second-order valence-corrected chi connectivity index (χ2v) is 4.21. The highest BCUT2D eigenvalue weighted by Crippen LogP contribution is 2.17. The van der Waals surface area contributed by atoms with Crippen molar-refractivity contribution >= 4 is 11.6 Å². The monoisotopic (exact) mass is 253 g/mol. The first-order valence-electron chi connectivity index (χ1n) is 5.83. The van der Waals surface area contributed by atoms with Gasteiger partial charge in [0.2, 0.25) is 0 Å². The van der Waals surface area contributed by atoms with E-state index in [2.05, 4.69) is 9.97 Å². The SMILES string of the molecule is O=C(O)Cc1cn2cnc(-c3ccccc3)cc2n1. The smallest absolute Gasteiger partial charge is 0.309 e. The summed E-state index contributed by atoms with van der Waals surface area (Å²) in [5.74, 6) is -0.889. The minimum absolute atomic E-state index is 0.0810. The van der Waals surface area contributed by atoms with E-state index < -0.39 is 5.97 Å². The van der Waals surface area contributed by atoms with E-state index in [4.69, 9.17) is 5.11 Å². The quantitative estimate of drug-likeness (QED) is 0.775. The van der Waals surface area contributed by atoms with Crippen molar-refractivity contribution < 1.29 is 9.90 Å². The number of carboxylic acid groups (broad SMARTS) is 1. The molecule has 19 heavy (non-hydrogen) atoms. The zero-order valence-electron chi connectivity index (χ0n) is 10.0. The summed E-state index contributed by atoms with van der Waals surface area (Å²) in [6, 6.07) is 11.6. The molecule has 94 valence electrons. The van der Waals surface area contributed by atoms with Crippen molar-refractivity contribution in [2.24, 2.45) is 0 Å². The second-order valence-electron chi connectivity index (χ2n) is 4.21. The van der Waals surface area contributed by atoms with Crippen molar-refractivity contribution in [3.8, 4) is 11.3 Å². The van der Waals surface area contributed by atoms with Crippen LogP contribution in [0.25, 0.3) is 16.9 Å². The van der Waals surface area contributed by atoms with E-state index in [0.29, 0.717) is 11.3 Å². The Hall–Kier alpha value is -2.69. The molecule has 3 rings (SSSR count). The highest BCUT2D eigenvalue weighted by Gasteiger charge is 2.07. The van der Waals surface area contributed by atoms with Gasteiger partial charge in [-0.15, -0.1) is 0 Å². The molecule has 1 N–H and O–H groups in total. The molecule has 0 aliphatic rings. The Labute approximate surface area is 109 Å². The third-order valence-electron chi connectivity index (χ3n) is 2.80. The molecule has 2 aromatic heterocycles. The lowest BCUT2D eigenvalue weighted by molar-refractivity contribution is -0.136. The lowest BCUT2D eigenvalue weighted by Gasteiger charge is -2.00. The fourth-order valence-corrected chi connectivity index (χ4v) is 1.95. The summed E-state index contributed by atoms with van der Waals surface area (Å²) in [4.78, 5) is 19.3. The van der Waals surface area contributed by atoms with Crippen LogP contribution in [0.15, 0.2) is 48.9 Å². The van der Waals surface area contributed by atoms with E-state index in [9.17, 15) is 4.79 Å². The average molecular weight is 253 g/mol. The lowest BCUT2D eigenvalue weighted by atomic mass is 10.1. The van der Waals surface area contributed by atoms with Gasteiger partial charge in [-0.25, -0.2) is 9.97 Å². The largest absolute Gasteiger partial charge is 0.481 e. The van der Waals surface area contributed by atoms with Crippen molar-refractivity contribution in [1.29, 1.82) is 0 Å². The maximum atomic E-state index is 10.7. The van der Waals surface area contributed by atoms with Crippen LogP contribution in [0, 0.1) is 0 Å². The number of fused-ring (bicyclic) bond motifs is 1. The number of hydrogen-bond acceptors (Lipinski definition) is 3. The zero-order chi connectivity index (χ0) is 13.2. The Balaban J connectivity index is 2.03. The van der Waals surface area contributed by atoms with Gasteiger partial charge in [-0.3, -0.25) is 9.20 Å². The average Bonchev–Trinajstić information content (AvgIpc) is 2.79. The number of imidazole rings is 1. The molecule has 3 aromatic rings. The fraction of sp³-hybridized carbons (Fsp3) is 0.0714. The Bertz CT molecular complexity index is 735. The number of hydrogen-bond donors (Lipinski definition) is 1. The first-order valence-corrected chi connectivity index (χ1v) is 5.83. The number of benzene rings is 1. The molecule has 0 saturated heterocycles. The molecule has 5 nitrogen and oxygen atoms in total. The van der Waals surface area contributed by atoms with Crippen LogP contribution in [0.1, 0.15) is 5.69 Å². The normalized spacial score (nSPS) is 10.7. The Kier molecular flexibility index (Phi) is 2.72. The van der Waals surface area contributed by atoms with Gasteiger partial charge in [0.05, 0.1) is 17.8 Å². The van der Waals surface area contributed by atoms with Gasteiger partial charge < -0.3 is 5.11 Å². The Morgan fingerprint density at radius 1 is 1.26 bits per heavy atom. The highest BCUT2D eigenvalue weighted by molar-refractivity contribution is 5.70. The molecule has 0 spiro atoms. The predicted molar refractivity (Wildman–Crippen MR) is 69.8 cm³/mol. The molecule has 0 radical (unpaired) electrons. The third-order valence-corrected chi connectivity index (χ3v) is 2.80. The Morgan fingerprint density at radius 3 is 2.79 bits per heavy atom. The van der Waals surface area contributed by atoms with Crippen molar-refractivity contribution in [3.05, 3.63) is 54.6 Å². The molecule has 0 aliphatic carbocycles. The summed E-state index contributed by atoms with van der Waals surface area (Å²) >= 11 is 0. The topological polar surface area (TPSA) is 67.5 Å². The summed E-state index contributed by atoms with van der Waals surface area (Å²) in [6.45, 7) is 0. The standard InChI is InChI=1S/C14H11N3O2/c18-14(19)6-11-8-17-9-15-12(7-13(17)16-11)10-4-2-1-3-5-10/h1-5,7-9H,6H2,(H,18,19). The van der Waals surface area contributed by atoms with Crippen LogP contribution in [0.3, 0.4) is 0 Å². The molecule has 0 saturated carbocycles. The number of aromatic nitrogens is 3. The van der Waals surface area contributed by atoms with Gasteiger partial charge >= 0.3 is 5.97 Å². The first kappa shape index (κ1) is 11.4. The van der Waals surface area contributed by atoms with Gasteiger partial charge in [0.25, 0.3) is 0 Å². The molecule has 1 aromatic carbocycles. The van der Waals surface area contributed by atoms with Gasteiger partial charge in [0.1, 0.15) is 12.0 Å². The number of nitrogens with zero attached hydrogens (tertiary/aromatic N) is 3. The molecule has 5 heteroatoms. The van der Waals surface area contributed by atoms with Crippen LogP contribution in [-0.4, -0.2) is 25.4 Å². The minimum atomic E-state index is -0.889. The maximum absolute atomic E-state index is 10.7.